The predicted molar refractivity (Wildman–Crippen MR) is 54.8 cm³/mol. The lowest BCUT2D eigenvalue weighted by Gasteiger charge is -2.05. The van der Waals surface area contributed by atoms with Crippen molar-refractivity contribution in [2.45, 2.75) is 6.42 Å². The summed E-state index contributed by atoms with van der Waals surface area (Å²) in [4.78, 5) is 10.9. The summed E-state index contributed by atoms with van der Waals surface area (Å²) in [6.07, 6.45) is -0.166. The highest BCUT2D eigenvalue weighted by atomic mass is 79.9. The Morgan fingerprint density at radius 2 is 2.29 bits per heavy atom. The highest BCUT2D eigenvalue weighted by Gasteiger charge is 2.14. The van der Waals surface area contributed by atoms with Crippen LogP contribution in [0.2, 0.25) is 5.02 Å². The highest BCUT2D eigenvalue weighted by Crippen LogP contribution is 2.26. The molecule has 1 aromatic rings. The average Bonchev–Trinajstić information content (AvgIpc) is 2.18. The predicted octanol–water partition coefficient (Wildman–Crippen LogP) is 2.96. The number of hydrogen-bond donors (Lipinski definition) is 0. The minimum Gasteiger partial charge on any atom is -0.469 e. The second kappa shape index (κ2) is 4.75. The molecule has 1 aromatic carbocycles. The van der Waals surface area contributed by atoms with Gasteiger partial charge in [-0.3, -0.25) is 4.79 Å². The molecular weight excluding hydrogens is 274 g/mol. The van der Waals surface area contributed by atoms with E-state index in [4.69, 9.17) is 11.6 Å². The summed E-state index contributed by atoms with van der Waals surface area (Å²) in [6.45, 7) is 0. The number of halogens is 3. The first-order valence-corrected chi connectivity index (χ1v) is 4.92. The normalized spacial score (nSPS) is 10.0. The molecule has 0 aliphatic rings. The molecule has 0 atom stereocenters. The van der Waals surface area contributed by atoms with Gasteiger partial charge < -0.3 is 4.74 Å². The molecule has 0 amide bonds. The second-order valence-electron chi connectivity index (χ2n) is 2.57. The fraction of sp³-hybridized carbons (Fsp3) is 0.222. The van der Waals surface area contributed by atoms with Gasteiger partial charge in [-0.1, -0.05) is 11.6 Å². The van der Waals surface area contributed by atoms with E-state index in [9.17, 15) is 9.18 Å². The van der Waals surface area contributed by atoms with E-state index >= 15 is 0 Å². The molecule has 0 N–H and O–H groups in total. The van der Waals surface area contributed by atoms with Crippen LogP contribution in [-0.4, -0.2) is 13.1 Å². The van der Waals surface area contributed by atoms with Gasteiger partial charge in [-0.15, -0.1) is 0 Å². The highest BCUT2D eigenvalue weighted by molar-refractivity contribution is 9.10. The average molecular weight is 282 g/mol. The number of ether oxygens (including phenoxy) is 1. The lowest BCUT2D eigenvalue weighted by atomic mass is 10.1. The summed E-state index contributed by atoms with van der Waals surface area (Å²) in [6, 6.07) is 3.01. The topological polar surface area (TPSA) is 26.3 Å². The van der Waals surface area contributed by atoms with Gasteiger partial charge in [0.2, 0.25) is 0 Å². The molecule has 0 aliphatic heterocycles. The van der Waals surface area contributed by atoms with Crippen molar-refractivity contribution in [3.8, 4) is 0 Å². The van der Waals surface area contributed by atoms with Crippen molar-refractivity contribution >= 4 is 33.5 Å². The molecule has 14 heavy (non-hydrogen) atoms. The number of esters is 1. The third-order valence-electron chi connectivity index (χ3n) is 1.69. The number of methoxy groups -OCH3 is 1. The molecule has 0 bridgehead atoms. The van der Waals surface area contributed by atoms with Gasteiger partial charge >= 0.3 is 5.97 Å². The van der Waals surface area contributed by atoms with Crippen molar-refractivity contribution in [2.75, 3.05) is 7.11 Å². The van der Waals surface area contributed by atoms with Gasteiger partial charge in [-0.05, 0) is 28.1 Å². The first-order chi connectivity index (χ1) is 6.56. The lowest BCUT2D eigenvalue weighted by molar-refractivity contribution is -0.139. The van der Waals surface area contributed by atoms with Crippen molar-refractivity contribution in [1.29, 1.82) is 0 Å². The second-order valence-corrected chi connectivity index (χ2v) is 3.84. The number of rotatable bonds is 2. The Labute approximate surface area is 94.1 Å². The Kier molecular flexibility index (Phi) is 3.89. The molecule has 0 saturated carbocycles. The minimum atomic E-state index is -0.525. The van der Waals surface area contributed by atoms with Crippen LogP contribution in [0.15, 0.2) is 16.6 Å². The van der Waals surface area contributed by atoms with Crippen LogP contribution in [0.4, 0.5) is 4.39 Å². The van der Waals surface area contributed by atoms with E-state index in [0.717, 1.165) is 0 Å². The lowest BCUT2D eigenvalue weighted by Crippen LogP contribution is -2.07. The van der Waals surface area contributed by atoms with E-state index in [1.165, 1.54) is 19.2 Å². The fourth-order valence-corrected chi connectivity index (χ4v) is 1.53. The van der Waals surface area contributed by atoms with Gasteiger partial charge in [0.1, 0.15) is 5.82 Å². The largest absolute Gasteiger partial charge is 0.469 e. The monoisotopic (exact) mass is 280 g/mol. The molecule has 2 nitrogen and oxygen atoms in total. The zero-order valence-corrected chi connectivity index (χ0v) is 9.65. The number of carbonyl (C=O) groups is 1. The Hall–Kier alpha value is -0.610. The summed E-state index contributed by atoms with van der Waals surface area (Å²) in [5.74, 6) is -1.05. The molecule has 0 heterocycles. The zero-order valence-electron chi connectivity index (χ0n) is 7.31. The minimum absolute atomic E-state index is 0.146. The Balaban J connectivity index is 3.06. The molecule has 0 unspecified atom stereocenters. The van der Waals surface area contributed by atoms with Gasteiger partial charge in [0.05, 0.1) is 18.0 Å². The zero-order chi connectivity index (χ0) is 10.7. The van der Waals surface area contributed by atoms with Crippen LogP contribution in [0.25, 0.3) is 0 Å². The third-order valence-corrected chi connectivity index (χ3v) is 2.65. The molecule has 0 radical (unpaired) electrons. The number of hydrogen-bond acceptors (Lipinski definition) is 2. The van der Waals surface area contributed by atoms with E-state index in [1.807, 2.05) is 0 Å². The molecular formula is C9H7BrClFO2. The van der Waals surface area contributed by atoms with Gasteiger partial charge in [0.25, 0.3) is 0 Å². The molecule has 0 aromatic heterocycles. The van der Waals surface area contributed by atoms with Gasteiger partial charge in [0.15, 0.2) is 0 Å². The van der Waals surface area contributed by atoms with Crippen molar-refractivity contribution in [3.63, 3.8) is 0 Å². The number of carbonyl (C=O) groups excluding carboxylic acids is 1. The van der Waals surface area contributed by atoms with Crippen molar-refractivity contribution in [1.82, 2.24) is 0 Å². The van der Waals surface area contributed by atoms with E-state index in [0.29, 0.717) is 0 Å². The fourth-order valence-electron chi connectivity index (χ4n) is 0.948. The van der Waals surface area contributed by atoms with Gasteiger partial charge in [0, 0.05) is 10.6 Å². The van der Waals surface area contributed by atoms with Gasteiger partial charge in [-0.25, -0.2) is 4.39 Å². The van der Waals surface area contributed by atoms with Crippen molar-refractivity contribution < 1.29 is 13.9 Å². The first kappa shape index (κ1) is 11.5. The molecule has 1 rings (SSSR count). The van der Waals surface area contributed by atoms with Crippen LogP contribution in [0, 0.1) is 5.82 Å². The van der Waals surface area contributed by atoms with Crippen LogP contribution in [0.5, 0.6) is 0 Å². The maximum absolute atomic E-state index is 13.4. The van der Waals surface area contributed by atoms with Crippen LogP contribution in [0.1, 0.15) is 5.56 Å². The van der Waals surface area contributed by atoms with Crippen molar-refractivity contribution in [2.24, 2.45) is 0 Å². The number of benzene rings is 1. The summed E-state index contributed by atoms with van der Waals surface area (Å²) in [7, 11) is 1.24. The standard InChI is InChI=1S/C9H7BrClFO2/c1-14-8(13)4-5-7(11)3-2-6(10)9(5)12/h2-3H,4H2,1H3. The molecule has 0 spiro atoms. The SMILES string of the molecule is COC(=O)Cc1c(Cl)ccc(Br)c1F. The van der Waals surface area contributed by atoms with E-state index in [2.05, 4.69) is 20.7 Å². The maximum Gasteiger partial charge on any atom is 0.310 e. The smallest absolute Gasteiger partial charge is 0.310 e. The molecule has 0 saturated heterocycles. The quantitative estimate of drug-likeness (QED) is 0.615. The molecule has 5 heteroatoms. The molecule has 76 valence electrons. The third kappa shape index (κ3) is 2.45. The van der Waals surface area contributed by atoms with Crippen LogP contribution < -0.4 is 0 Å². The molecule has 0 aliphatic carbocycles. The summed E-state index contributed by atoms with van der Waals surface area (Å²) >= 11 is 8.74. The van der Waals surface area contributed by atoms with E-state index in [1.54, 1.807) is 0 Å². The summed E-state index contributed by atoms with van der Waals surface area (Å²) in [5.41, 5.74) is 0.146. The maximum atomic E-state index is 13.4. The summed E-state index contributed by atoms with van der Waals surface area (Å²) in [5, 5.41) is 0.219. The molecule has 0 fully saturated rings. The Morgan fingerprint density at radius 3 is 2.86 bits per heavy atom. The van der Waals surface area contributed by atoms with Gasteiger partial charge in [-0.2, -0.15) is 0 Å². The van der Waals surface area contributed by atoms with E-state index in [-0.39, 0.29) is 21.5 Å². The van der Waals surface area contributed by atoms with Crippen LogP contribution in [0.3, 0.4) is 0 Å². The van der Waals surface area contributed by atoms with Crippen LogP contribution >= 0.6 is 27.5 Å². The van der Waals surface area contributed by atoms with E-state index < -0.39 is 11.8 Å². The van der Waals surface area contributed by atoms with Crippen LogP contribution in [-0.2, 0) is 16.0 Å². The summed E-state index contributed by atoms with van der Waals surface area (Å²) < 4.78 is 18.1. The Bertz CT molecular complexity index is 368. The van der Waals surface area contributed by atoms with Crippen molar-refractivity contribution in [3.05, 3.63) is 33.0 Å². The first-order valence-electron chi connectivity index (χ1n) is 3.75. The Morgan fingerprint density at radius 1 is 1.64 bits per heavy atom.